The van der Waals surface area contributed by atoms with Crippen molar-refractivity contribution in [3.05, 3.63) is 29.8 Å². The molecule has 0 bridgehead atoms. The lowest BCUT2D eigenvalue weighted by atomic mass is 9.76. The number of halogens is 1. The van der Waals surface area contributed by atoms with E-state index in [-0.39, 0.29) is 11.2 Å². The zero-order chi connectivity index (χ0) is 14.4. The van der Waals surface area contributed by atoms with Gasteiger partial charge in [0, 0.05) is 22.7 Å². The van der Waals surface area contributed by atoms with Crippen LogP contribution in [0.1, 0.15) is 55.8 Å². The van der Waals surface area contributed by atoms with Gasteiger partial charge in [-0.15, -0.1) is 0 Å². The molecule has 0 atom stereocenters. The van der Waals surface area contributed by atoms with Crippen molar-refractivity contribution in [2.24, 2.45) is 5.41 Å². The molecular formula is C17H23BrO2. The second-order valence-electron chi connectivity index (χ2n) is 5.78. The molecule has 1 fully saturated rings. The summed E-state index contributed by atoms with van der Waals surface area (Å²) < 4.78 is 5.97. The van der Waals surface area contributed by atoms with Crippen molar-refractivity contribution >= 4 is 21.7 Å². The Bertz CT molecular complexity index is 433. The number of carbonyl (C=O) groups is 1. The number of rotatable bonds is 6. The summed E-state index contributed by atoms with van der Waals surface area (Å²) in [4.78, 5) is 11.6. The third kappa shape index (κ3) is 3.85. The number of benzene rings is 1. The highest BCUT2D eigenvalue weighted by molar-refractivity contribution is 9.09. The monoisotopic (exact) mass is 338 g/mol. The Morgan fingerprint density at radius 2 is 1.85 bits per heavy atom. The smallest absolute Gasteiger partial charge is 0.162 e. The molecule has 1 aromatic rings. The third-order valence-corrected chi connectivity index (χ3v) is 5.43. The number of hydrogen-bond donors (Lipinski definition) is 0. The molecule has 0 saturated heterocycles. The number of ether oxygens (including phenoxy) is 1. The van der Waals surface area contributed by atoms with Crippen molar-refractivity contribution in [1.82, 2.24) is 0 Å². The zero-order valence-corrected chi connectivity index (χ0v) is 13.7. The maximum absolute atomic E-state index is 11.6. The van der Waals surface area contributed by atoms with Gasteiger partial charge in [0.05, 0.1) is 6.61 Å². The molecule has 0 aromatic heterocycles. The number of alkyl halides is 1. The predicted octanol–water partition coefficient (Wildman–Crippen LogP) is 5.00. The summed E-state index contributed by atoms with van der Waals surface area (Å²) in [6, 6.07) is 7.55. The van der Waals surface area contributed by atoms with Crippen molar-refractivity contribution < 1.29 is 9.53 Å². The van der Waals surface area contributed by atoms with Crippen LogP contribution in [0.4, 0.5) is 0 Å². The van der Waals surface area contributed by atoms with Crippen molar-refractivity contribution in [2.45, 2.75) is 45.4 Å². The van der Waals surface area contributed by atoms with E-state index in [1.807, 2.05) is 31.2 Å². The van der Waals surface area contributed by atoms with E-state index in [4.69, 9.17) is 4.74 Å². The lowest BCUT2D eigenvalue weighted by molar-refractivity contribution is 0.0988. The van der Waals surface area contributed by atoms with Gasteiger partial charge in [0.1, 0.15) is 5.75 Å². The average Bonchev–Trinajstić information content (AvgIpc) is 2.53. The van der Waals surface area contributed by atoms with Crippen LogP contribution in [-0.2, 0) is 0 Å². The van der Waals surface area contributed by atoms with Gasteiger partial charge in [0.25, 0.3) is 0 Å². The highest BCUT2D eigenvalue weighted by Gasteiger charge is 2.31. The van der Waals surface area contributed by atoms with Crippen LogP contribution in [0.3, 0.4) is 0 Å². The summed E-state index contributed by atoms with van der Waals surface area (Å²) in [5.74, 6) is 1.05. The maximum atomic E-state index is 11.6. The van der Waals surface area contributed by atoms with Gasteiger partial charge in [-0.05, 0) is 37.1 Å². The van der Waals surface area contributed by atoms with E-state index in [2.05, 4.69) is 15.9 Å². The summed E-state index contributed by atoms with van der Waals surface area (Å²) in [7, 11) is 0. The number of hydrogen-bond acceptors (Lipinski definition) is 2. The van der Waals surface area contributed by atoms with Gasteiger partial charge < -0.3 is 4.74 Å². The predicted molar refractivity (Wildman–Crippen MR) is 85.9 cm³/mol. The van der Waals surface area contributed by atoms with Crippen molar-refractivity contribution in [3.63, 3.8) is 0 Å². The largest absolute Gasteiger partial charge is 0.493 e. The second-order valence-corrected chi connectivity index (χ2v) is 6.34. The topological polar surface area (TPSA) is 26.3 Å². The lowest BCUT2D eigenvalue weighted by Crippen LogP contribution is -2.32. The summed E-state index contributed by atoms with van der Waals surface area (Å²) in [5.41, 5.74) is 1.06. The van der Waals surface area contributed by atoms with Gasteiger partial charge in [-0.2, -0.15) is 0 Å². The fourth-order valence-electron chi connectivity index (χ4n) is 2.80. The summed E-state index contributed by atoms with van der Waals surface area (Å²) in [5, 5.41) is 1.01. The minimum Gasteiger partial charge on any atom is -0.493 e. The van der Waals surface area contributed by atoms with Crippen molar-refractivity contribution in [1.29, 1.82) is 0 Å². The van der Waals surface area contributed by atoms with Gasteiger partial charge in [-0.1, -0.05) is 42.1 Å². The molecule has 0 amide bonds. The molecule has 0 unspecified atom stereocenters. The fourth-order valence-corrected chi connectivity index (χ4v) is 3.52. The van der Waals surface area contributed by atoms with Crippen LogP contribution >= 0.6 is 15.9 Å². The van der Waals surface area contributed by atoms with Crippen LogP contribution in [0.5, 0.6) is 5.75 Å². The molecule has 1 aliphatic carbocycles. The van der Waals surface area contributed by atoms with E-state index in [1.54, 1.807) is 0 Å². The molecule has 110 valence electrons. The molecule has 0 spiro atoms. The second kappa shape index (κ2) is 7.26. The highest BCUT2D eigenvalue weighted by atomic mass is 79.9. The van der Waals surface area contributed by atoms with Gasteiger partial charge in [0.2, 0.25) is 0 Å². The van der Waals surface area contributed by atoms with Crippen LogP contribution in [0.2, 0.25) is 0 Å². The maximum Gasteiger partial charge on any atom is 0.162 e. The Morgan fingerprint density at radius 1 is 1.20 bits per heavy atom. The van der Waals surface area contributed by atoms with Crippen LogP contribution in [0, 0.1) is 5.41 Å². The molecule has 0 aliphatic heterocycles. The van der Waals surface area contributed by atoms with E-state index in [0.29, 0.717) is 6.42 Å². The molecule has 0 heterocycles. The third-order valence-electron chi connectivity index (χ3n) is 4.24. The van der Waals surface area contributed by atoms with Gasteiger partial charge in [-0.25, -0.2) is 0 Å². The van der Waals surface area contributed by atoms with Crippen LogP contribution in [0.25, 0.3) is 0 Å². The Morgan fingerprint density at radius 3 is 2.40 bits per heavy atom. The molecular weight excluding hydrogens is 316 g/mol. The van der Waals surface area contributed by atoms with E-state index in [0.717, 1.165) is 23.2 Å². The van der Waals surface area contributed by atoms with Gasteiger partial charge in [-0.3, -0.25) is 4.79 Å². The molecule has 0 N–H and O–H groups in total. The number of carbonyl (C=O) groups excluding carboxylic acids is 1. The molecule has 0 radical (unpaired) electrons. The summed E-state index contributed by atoms with van der Waals surface area (Å²) in [6.45, 7) is 2.65. The summed E-state index contributed by atoms with van der Waals surface area (Å²) in [6.07, 6.45) is 6.99. The van der Waals surface area contributed by atoms with Crippen LogP contribution in [-0.4, -0.2) is 17.7 Å². The van der Waals surface area contributed by atoms with E-state index >= 15 is 0 Å². The minimum atomic E-state index is 0.181. The first kappa shape index (κ1) is 15.6. The molecule has 1 aliphatic rings. The first-order valence-electron chi connectivity index (χ1n) is 7.51. The number of Topliss-reactive ketones (excluding diaryl/α,β-unsaturated/α-hetero) is 1. The standard InChI is InChI=1S/C17H23BrO2/c1-2-16(19)14-6-8-15(9-7-14)20-13-17(12-18)10-4-3-5-11-17/h6-9H,2-5,10-13H2,1H3. The van der Waals surface area contributed by atoms with E-state index < -0.39 is 0 Å². The fraction of sp³-hybridized carbons (Fsp3) is 0.588. The molecule has 2 rings (SSSR count). The minimum absolute atomic E-state index is 0.181. The highest BCUT2D eigenvalue weighted by Crippen LogP contribution is 2.38. The quantitative estimate of drug-likeness (QED) is 0.538. The lowest BCUT2D eigenvalue weighted by Gasteiger charge is -2.35. The van der Waals surface area contributed by atoms with Crippen LogP contribution in [0.15, 0.2) is 24.3 Å². The first-order chi connectivity index (χ1) is 9.69. The Kier molecular flexibility index (Phi) is 5.64. The van der Waals surface area contributed by atoms with Crippen molar-refractivity contribution in [2.75, 3.05) is 11.9 Å². The normalized spacial score (nSPS) is 17.7. The van der Waals surface area contributed by atoms with Crippen LogP contribution < -0.4 is 4.74 Å². The molecule has 1 aromatic carbocycles. The zero-order valence-electron chi connectivity index (χ0n) is 12.2. The van der Waals surface area contributed by atoms with Crippen molar-refractivity contribution in [3.8, 4) is 5.75 Å². The SMILES string of the molecule is CCC(=O)c1ccc(OCC2(CBr)CCCCC2)cc1. The molecule has 3 heteroatoms. The molecule has 2 nitrogen and oxygen atoms in total. The molecule has 20 heavy (non-hydrogen) atoms. The Labute approximate surface area is 130 Å². The van der Waals surface area contributed by atoms with Gasteiger partial charge in [0.15, 0.2) is 5.78 Å². The first-order valence-corrected chi connectivity index (χ1v) is 8.63. The van der Waals surface area contributed by atoms with Gasteiger partial charge >= 0.3 is 0 Å². The van der Waals surface area contributed by atoms with E-state index in [1.165, 1.54) is 32.1 Å². The Balaban J connectivity index is 1.94. The summed E-state index contributed by atoms with van der Waals surface area (Å²) >= 11 is 3.66. The van der Waals surface area contributed by atoms with E-state index in [9.17, 15) is 4.79 Å². The number of ketones is 1. The molecule has 1 saturated carbocycles. The average molecular weight is 339 g/mol. The Hall–Kier alpha value is -0.830.